The lowest BCUT2D eigenvalue weighted by Gasteiger charge is -2.29. The van der Waals surface area contributed by atoms with Gasteiger partial charge in [-0.25, -0.2) is 0 Å². The van der Waals surface area contributed by atoms with Gasteiger partial charge in [0.15, 0.2) is 0 Å². The molecule has 1 aliphatic carbocycles. The van der Waals surface area contributed by atoms with E-state index in [1.807, 2.05) is 0 Å². The zero-order chi connectivity index (χ0) is 12.3. The van der Waals surface area contributed by atoms with Crippen LogP contribution in [0.15, 0.2) is 6.07 Å². The first-order valence-corrected chi connectivity index (χ1v) is 6.97. The van der Waals surface area contributed by atoms with Crippen molar-refractivity contribution in [2.75, 3.05) is 0 Å². The molecule has 17 heavy (non-hydrogen) atoms. The number of aromatic nitrogens is 2. The Morgan fingerprint density at radius 2 is 2.18 bits per heavy atom. The van der Waals surface area contributed by atoms with Crippen molar-refractivity contribution < 1.29 is 0 Å². The van der Waals surface area contributed by atoms with E-state index in [0.717, 1.165) is 24.7 Å². The summed E-state index contributed by atoms with van der Waals surface area (Å²) in [6, 6.07) is 2.90. The molecule has 1 aromatic rings. The van der Waals surface area contributed by atoms with Gasteiger partial charge >= 0.3 is 0 Å². The van der Waals surface area contributed by atoms with Crippen LogP contribution in [0.5, 0.6) is 0 Å². The molecule has 1 aromatic heterocycles. The molecule has 0 spiro atoms. The van der Waals surface area contributed by atoms with Crippen molar-refractivity contribution in [1.82, 2.24) is 15.1 Å². The monoisotopic (exact) mass is 235 g/mol. The molecule has 0 radical (unpaired) electrons. The molecule has 1 heterocycles. The maximum Gasteiger partial charge on any atom is 0.0597 e. The fourth-order valence-corrected chi connectivity index (χ4v) is 2.87. The first kappa shape index (κ1) is 12.6. The molecule has 1 fully saturated rings. The van der Waals surface area contributed by atoms with E-state index in [4.69, 9.17) is 0 Å². The predicted molar refractivity (Wildman–Crippen MR) is 70.9 cm³/mol. The van der Waals surface area contributed by atoms with Crippen molar-refractivity contribution in [1.29, 1.82) is 0 Å². The van der Waals surface area contributed by atoms with Gasteiger partial charge in [-0.1, -0.05) is 19.8 Å². The van der Waals surface area contributed by atoms with Crippen molar-refractivity contribution in [2.24, 2.45) is 5.92 Å². The van der Waals surface area contributed by atoms with Gasteiger partial charge in [-0.15, -0.1) is 0 Å². The Balaban J connectivity index is 1.92. The van der Waals surface area contributed by atoms with Crippen LogP contribution < -0.4 is 5.32 Å². The minimum atomic E-state index is 0.698. The SMILES string of the molecule is CCn1nc(C)cc1CNC1CCCCC1C. The summed E-state index contributed by atoms with van der Waals surface area (Å²) in [4.78, 5) is 0. The summed E-state index contributed by atoms with van der Waals surface area (Å²) in [7, 11) is 0. The second-order valence-electron chi connectivity index (χ2n) is 5.34. The third kappa shape index (κ3) is 3.09. The Morgan fingerprint density at radius 3 is 2.88 bits per heavy atom. The van der Waals surface area contributed by atoms with E-state index in [1.54, 1.807) is 0 Å². The zero-order valence-corrected chi connectivity index (χ0v) is 11.4. The lowest BCUT2D eigenvalue weighted by molar-refractivity contribution is 0.277. The van der Waals surface area contributed by atoms with Crippen LogP contribution in [0.3, 0.4) is 0 Å². The molecule has 0 aromatic carbocycles. The van der Waals surface area contributed by atoms with Gasteiger partial charge in [0.1, 0.15) is 0 Å². The zero-order valence-electron chi connectivity index (χ0n) is 11.4. The molecule has 2 unspecified atom stereocenters. The van der Waals surface area contributed by atoms with Crippen LogP contribution in [0, 0.1) is 12.8 Å². The molecule has 3 nitrogen and oxygen atoms in total. The van der Waals surface area contributed by atoms with Gasteiger partial charge in [-0.05, 0) is 38.7 Å². The molecule has 0 bridgehead atoms. The van der Waals surface area contributed by atoms with Gasteiger partial charge in [0.25, 0.3) is 0 Å². The number of rotatable bonds is 4. The Kier molecular flexibility index (Phi) is 4.21. The Labute approximate surface area is 105 Å². The second-order valence-corrected chi connectivity index (χ2v) is 5.34. The fraction of sp³-hybridized carbons (Fsp3) is 0.786. The lowest BCUT2D eigenvalue weighted by Crippen LogP contribution is -2.37. The average molecular weight is 235 g/mol. The maximum absolute atomic E-state index is 4.49. The van der Waals surface area contributed by atoms with E-state index in [9.17, 15) is 0 Å². The van der Waals surface area contributed by atoms with E-state index >= 15 is 0 Å². The number of aryl methyl sites for hydroxylation is 2. The van der Waals surface area contributed by atoms with E-state index < -0.39 is 0 Å². The molecule has 1 N–H and O–H groups in total. The molecule has 1 saturated carbocycles. The van der Waals surface area contributed by atoms with Crippen molar-refractivity contribution in [3.8, 4) is 0 Å². The quantitative estimate of drug-likeness (QED) is 0.869. The second kappa shape index (κ2) is 5.67. The van der Waals surface area contributed by atoms with Gasteiger partial charge < -0.3 is 5.32 Å². The van der Waals surface area contributed by atoms with Crippen molar-refractivity contribution in [3.05, 3.63) is 17.5 Å². The minimum Gasteiger partial charge on any atom is -0.308 e. The summed E-state index contributed by atoms with van der Waals surface area (Å²) in [6.45, 7) is 8.52. The number of hydrogen-bond donors (Lipinski definition) is 1. The molecule has 96 valence electrons. The highest BCUT2D eigenvalue weighted by atomic mass is 15.3. The first-order chi connectivity index (χ1) is 8.20. The third-order valence-electron chi connectivity index (χ3n) is 3.94. The van der Waals surface area contributed by atoms with Crippen molar-refractivity contribution >= 4 is 0 Å². The van der Waals surface area contributed by atoms with Crippen LogP contribution in [0.2, 0.25) is 0 Å². The van der Waals surface area contributed by atoms with Crippen LogP contribution in [0.1, 0.15) is 50.9 Å². The molecule has 2 atom stereocenters. The fourth-order valence-electron chi connectivity index (χ4n) is 2.87. The van der Waals surface area contributed by atoms with Gasteiger partial charge in [-0.2, -0.15) is 5.10 Å². The summed E-state index contributed by atoms with van der Waals surface area (Å²) in [6.07, 6.45) is 5.50. The third-order valence-corrected chi connectivity index (χ3v) is 3.94. The maximum atomic E-state index is 4.49. The molecule has 0 amide bonds. The molecule has 3 heteroatoms. The van der Waals surface area contributed by atoms with Crippen LogP contribution in [0.4, 0.5) is 0 Å². The van der Waals surface area contributed by atoms with Gasteiger partial charge in [-0.3, -0.25) is 4.68 Å². The summed E-state index contributed by atoms with van der Waals surface area (Å²) in [5.74, 6) is 0.822. The summed E-state index contributed by atoms with van der Waals surface area (Å²) in [5, 5.41) is 8.20. The highest BCUT2D eigenvalue weighted by Gasteiger charge is 2.20. The summed E-state index contributed by atoms with van der Waals surface area (Å²) >= 11 is 0. The molecular weight excluding hydrogens is 210 g/mol. The highest BCUT2D eigenvalue weighted by Crippen LogP contribution is 2.24. The topological polar surface area (TPSA) is 29.9 Å². The van der Waals surface area contributed by atoms with Gasteiger partial charge in [0.05, 0.1) is 11.4 Å². The summed E-state index contributed by atoms with van der Waals surface area (Å²) < 4.78 is 2.11. The van der Waals surface area contributed by atoms with Crippen LogP contribution in [0.25, 0.3) is 0 Å². The minimum absolute atomic E-state index is 0.698. The lowest BCUT2D eigenvalue weighted by atomic mass is 9.86. The van der Waals surface area contributed by atoms with Crippen LogP contribution >= 0.6 is 0 Å². The largest absolute Gasteiger partial charge is 0.308 e. The van der Waals surface area contributed by atoms with E-state index in [-0.39, 0.29) is 0 Å². The van der Waals surface area contributed by atoms with E-state index in [0.29, 0.717) is 6.04 Å². The first-order valence-electron chi connectivity index (χ1n) is 6.97. The number of nitrogens with zero attached hydrogens (tertiary/aromatic N) is 2. The number of hydrogen-bond acceptors (Lipinski definition) is 2. The Morgan fingerprint density at radius 1 is 1.41 bits per heavy atom. The predicted octanol–water partition coefficient (Wildman–Crippen LogP) is 2.88. The number of nitrogens with one attached hydrogen (secondary N) is 1. The normalized spacial score (nSPS) is 25.1. The Hall–Kier alpha value is -0.830. The van der Waals surface area contributed by atoms with Crippen LogP contribution in [-0.2, 0) is 13.1 Å². The molecule has 0 aliphatic heterocycles. The molecular formula is C14H25N3. The Bertz CT molecular complexity index is 356. The van der Waals surface area contributed by atoms with E-state index in [1.165, 1.54) is 31.4 Å². The molecule has 0 saturated heterocycles. The van der Waals surface area contributed by atoms with Crippen LogP contribution in [-0.4, -0.2) is 15.8 Å². The smallest absolute Gasteiger partial charge is 0.0597 e. The molecule has 1 aliphatic rings. The summed E-state index contributed by atoms with van der Waals surface area (Å²) in [5.41, 5.74) is 2.45. The standard InChI is InChI=1S/C14H25N3/c1-4-17-13(9-12(3)16-17)10-15-14-8-6-5-7-11(14)2/h9,11,14-15H,4-8,10H2,1-3H3. The van der Waals surface area contributed by atoms with Gasteiger partial charge in [0, 0.05) is 19.1 Å². The van der Waals surface area contributed by atoms with Crippen molar-refractivity contribution in [3.63, 3.8) is 0 Å². The van der Waals surface area contributed by atoms with Crippen molar-refractivity contribution in [2.45, 2.75) is 65.6 Å². The highest BCUT2D eigenvalue weighted by molar-refractivity contribution is 5.08. The average Bonchev–Trinajstić information content (AvgIpc) is 2.69. The van der Waals surface area contributed by atoms with E-state index in [2.05, 4.69) is 41.9 Å². The van der Waals surface area contributed by atoms with Gasteiger partial charge in [0.2, 0.25) is 0 Å². The molecule has 2 rings (SSSR count).